The number of carbonyl (C=O) groups excluding carboxylic acids is 1. The number of hydrogen-bond donors (Lipinski definition) is 0. The summed E-state index contributed by atoms with van der Waals surface area (Å²) < 4.78 is 7.94. The number of carbonyl (C=O) groups is 1. The van der Waals surface area contributed by atoms with Gasteiger partial charge < -0.3 is 9.30 Å². The van der Waals surface area contributed by atoms with Gasteiger partial charge >= 0.3 is 0 Å². The number of benzene rings is 1. The molecule has 1 heterocycles. The second-order valence-electron chi connectivity index (χ2n) is 3.24. The van der Waals surface area contributed by atoms with Gasteiger partial charge in [0.05, 0.1) is 22.8 Å². The molecule has 0 saturated carbocycles. The molecule has 0 unspecified atom stereocenters. The van der Waals surface area contributed by atoms with E-state index in [1.807, 2.05) is 29.8 Å². The average Bonchev–Trinajstić information content (AvgIpc) is 2.51. The Labute approximate surface area is 95.8 Å². The maximum Gasteiger partial charge on any atom is 0.153 e. The molecule has 0 bridgehead atoms. The molecule has 2 rings (SSSR count). The van der Waals surface area contributed by atoms with Crippen molar-refractivity contribution in [3.8, 4) is 5.75 Å². The summed E-state index contributed by atoms with van der Waals surface area (Å²) in [4.78, 5) is 11.0. The highest BCUT2D eigenvalue weighted by Gasteiger charge is 2.15. The van der Waals surface area contributed by atoms with Gasteiger partial charge in [0.1, 0.15) is 5.75 Å². The van der Waals surface area contributed by atoms with Crippen molar-refractivity contribution in [1.29, 1.82) is 0 Å². The van der Waals surface area contributed by atoms with Crippen LogP contribution in [0.1, 0.15) is 10.4 Å². The summed E-state index contributed by atoms with van der Waals surface area (Å²) in [5.74, 6) is 0.767. The van der Waals surface area contributed by atoms with E-state index in [2.05, 4.69) is 15.9 Å². The Kier molecular flexibility index (Phi) is 2.52. The Bertz CT molecular complexity index is 531. The van der Waals surface area contributed by atoms with Crippen molar-refractivity contribution in [3.63, 3.8) is 0 Å². The summed E-state index contributed by atoms with van der Waals surface area (Å²) >= 11 is 3.39. The zero-order chi connectivity index (χ0) is 11.0. The highest BCUT2D eigenvalue weighted by atomic mass is 79.9. The zero-order valence-electron chi connectivity index (χ0n) is 8.45. The Balaban J connectivity index is 2.95. The van der Waals surface area contributed by atoms with Crippen LogP contribution >= 0.6 is 15.9 Å². The average molecular weight is 268 g/mol. The minimum absolute atomic E-state index is 0.659. The topological polar surface area (TPSA) is 31.2 Å². The van der Waals surface area contributed by atoms with E-state index in [1.165, 1.54) is 0 Å². The van der Waals surface area contributed by atoms with Gasteiger partial charge in [-0.05, 0) is 22.0 Å². The number of aromatic nitrogens is 1. The van der Waals surface area contributed by atoms with E-state index in [0.29, 0.717) is 5.56 Å². The predicted octanol–water partition coefficient (Wildman–Crippen LogP) is 2.76. The zero-order valence-corrected chi connectivity index (χ0v) is 10.0. The molecule has 0 N–H and O–H groups in total. The number of methoxy groups -OCH3 is 1. The number of halogens is 1. The van der Waals surface area contributed by atoms with Crippen molar-refractivity contribution in [2.24, 2.45) is 7.05 Å². The van der Waals surface area contributed by atoms with Gasteiger partial charge in [-0.1, -0.05) is 12.1 Å². The van der Waals surface area contributed by atoms with Crippen LogP contribution in [0.15, 0.2) is 22.8 Å². The van der Waals surface area contributed by atoms with Crippen LogP contribution in [0.4, 0.5) is 0 Å². The van der Waals surface area contributed by atoms with Gasteiger partial charge in [0.15, 0.2) is 6.29 Å². The summed E-state index contributed by atoms with van der Waals surface area (Å²) in [6.45, 7) is 0. The Hall–Kier alpha value is -1.29. The summed E-state index contributed by atoms with van der Waals surface area (Å²) in [5, 5.41) is 0.902. The largest absolute Gasteiger partial charge is 0.495 e. The maximum atomic E-state index is 11.0. The molecular formula is C11H10BrNO2. The van der Waals surface area contributed by atoms with Crippen molar-refractivity contribution < 1.29 is 9.53 Å². The van der Waals surface area contributed by atoms with Crippen molar-refractivity contribution in [2.75, 3.05) is 7.11 Å². The normalized spacial score (nSPS) is 10.6. The van der Waals surface area contributed by atoms with E-state index in [-0.39, 0.29) is 0 Å². The van der Waals surface area contributed by atoms with Gasteiger partial charge in [0, 0.05) is 12.4 Å². The van der Waals surface area contributed by atoms with Crippen molar-refractivity contribution >= 4 is 33.1 Å². The fraction of sp³-hybridized carbons (Fsp3) is 0.182. The third kappa shape index (κ3) is 1.36. The summed E-state index contributed by atoms with van der Waals surface area (Å²) in [6.07, 6.45) is 0.853. The highest BCUT2D eigenvalue weighted by molar-refractivity contribution is 9.10. The molecular weight excluding hydrogens is 258 g/mol. The van der Waals surface area contributed by atoms with Crippen LogP contribution in [0.3, 0.4) is 0 Å². The van der Waals surface area contributed by atoms with Crippen molar-refractivity contribution in [3.05, 3.63) is 28.4 Å². The number of nitrogens with zero attached hydrogens (tertiary/aromatic N) is 1. The summed E-state index contributed by atoms with van der Waals surface area (Å²) in [6, 6.07) is 5.66. The van der Waals surface area contributed by atoms with Crippen LogP contribution in [0.5, 0.6) is 5.75 Å². The maximum absolute atomic E-state index is 11.0. The van der Waals surface area contributed by atoms with Crippen LogP contribution in [-0.2, 0) is 7.05 Å². The fourth-order valence-corrected chi connectivity index (χ4v) is 2.24. The Morgan fingerprint density at radius 3 is 2.80 bits per heavy atom. The van der Waals surface area contributed by atoms with Crippen molar-refractivity contribution in [2.45, 2.75) is 0 Å². The first-order valence-electron chi connectivity index (χ1n) is 4.46. The lowest BCUT2D eigenvalue weighted by Crippen LogP contribution is -1.91. The van der Waals surface area contributed by atoms with Gasteiger partial charge in [0.25, 0.3) is 0 Å². The number of aldehydes is 1. The minimum Gasteiger partial charge on any atom is -0.495 e. The third-order valence-electron chi connectivity index (χ3n) is 2.48. The summed E-state index contributed by atoms with van der Waals surface area (Å²) in [5.41, 5.74) is 1.58. The molecule has 1 aromatic carbocycles. The first kappa shape index (κ1) is 10.2. The standard InChI is InChI=1S/C11H10BrNO2/c1-13-10-7(8(6-14)11(13)12)4-3-5-9(10)15-2/h3-6H,1-2H3. The molecule has 0 aliphatic heterocycles. The molecule has 0 spiro atoms. The predicted molar refractivity (Wildman–Crippen MR) is 62.6 cm³/mol. The van der Waals surface area contributed by atoms with Gasteiger partial charge in [-0.3, -0.25) is 4.79 Å². The number of fused-ring (bicyclic) bond motifs is 1. The lowest BCUT2D eigenvalue weighted by atomic mass is 10.2. The summed E-state index contributed by atoms with van der Waals surface area (Å²) in [7, 11) is 3.51. The lowest BCUT2D eigenvalue weighted by Gasteiger charge is -2.04. The second kappa shape index (κ2) is 3.70. The Morgan fingerprint density at radius 1 is 1.47 bits per heavy atom. The fourth-order valence-electron chi connectivity index (χ4n) is 1.75. The molecule has 0 radical (unpaired) electrons. The first-order valence-corrected chi connectivity index (χ1v) is 5.26. The minimum atomic E-state index is 0.659. The van der Waals surface area contributed by atoms with Crippen molar-refractivity contribution in [1.82, 2.24) is 4.57 Å². The molecule has 3 nitrogen and oxygen atoms in total. The van der Waals surface area contributed by atoms with E-state index >= 15 is 0 Å². The van der Waals surface area contributed by atoms with E-state index in [0.717, 1.165) is 27.5 Å². The molecule has 78 valence electrons. The quantitative estimate of drug-likeness (QED) is 0.784. The smallest absolute Gasteiger partial charge is 0.153 e. The molecule has 0 fully saturated rings. The van der Waals surface area contributed by atoms with Crippen LogP contribution in [0.2, 0.25) is 0 Å². The lowest BCUT2D eigenvalue weighted by molar-refractivity contribution is 0.112. The third-order valence-corrected chi connectivity index (χ3v) is 3.44. The molecule has 0 amide bonds. The SMILES string of the molecule is COc1cccc2c(C=O)c(Br)n(C)c12. The van der Waals surface area contributed by atoms with Crippen LogP contribution in [0.25, 0.3) is 10.9 Å². The van der Waals surface area contributed by atoms with E-state index in [1.54, 1.807) is 7.11 Å². The highest BCUT2D eigenvalue weighted by Crippen LogP contribution is 2.33. The number of para-hydroxylation sites is 1. The molecule has 0 aliphatic rings. The molecule has 15 heavy (non-hydrogen) atoms. The molecule has 4 heteroatoms. The molecule has 0 atom stereocenters. The van der Waals surface area contributed by atoms with E-state index in [4.69, 9.17) is 4.74 Å². The van der Waals surface area contributed by atoms with Gasteiger partial charge in [-0.15, -0.1) is 0 Å². The molecule has 0 aliphatic carbocycles. The molecule has 0 saturated heterocycles. The number of hydrogen-bond acceptors (Lipinski definition) is 2. The molecule has 1 aromatic heterocycles. The number of ether oxygens (including phenoxy) is 1. The van der Waals surface area contributed by atoms with Gasteiger partial charge in [-0.25, -0.2) is 0 Å². The monoisotopic (exact) mass is 267 g/mol. The number of aryl methyl sites for hydroxylation is 1. The Morgan fingerprint density at radius 2 is 2.20 bits per heavy atom. The van der Waals surface area contributed by atoms with Gasteiger partial charge in [0.2, 0.25) is 0 Å². The van der Waals surface area contributed by atoms with Crippen LogP contribution < -0.4 is 4.74 Å². The van der Waals surface area contributed by atoms with E-state index < -0.39 is 0 Å². The van der Waals surface area contributed by atoms with Crippen LogP contribution in [-0.4, -0.2) is 18.0 Å². The van der Waals surface area contributed by atoms with Crippen LogP contribution in [0, 0.1) is 0 Å². The van der Waals surface area contributed by atoms with Gasteiger partial charge in [-0.2, -0.15) is 0 Å². The molecule has 2 aromatic rings. The first-order chi connectivity index (χ1) is 7.20. The number of rotatable bonds is 2. The second-order valence-corrected chi connectivity index (χ2v) is 3.99. The van der Waals surface area contributed by atoms with E-state index in [9.17, 15) is 4.79 Å².